The van der Waals surface area contributed by atoms with Gasteiger partial charge in [0.25, 0.3) is 0 Å². The van der Waals surface area contributed by atoms with E-state index in [9.17, 15) is 4.79 Å². The number of carbonyl (C=O) groups excluding carboxylic acids is 1. The van der Waals surface area contributed by atoms with Crippen LogP contribution in [-0.2, 0) is 4.79 Å². The van der Waals surface area contributed by atoms with E-state index in [4.69, 9.17) is 0 Å². The van der Waals surface area contributed by atoms with Crippen molar-refractivity contribution in [2.24, 2.45) is 5.41 Å². The topological polar surface area (TPSA) is 32.3 Å². The van der Waals surface area contributed by atoms with Crippen LogP contribution < -0.4 is 5.32 Å². The fourth-order valence-corrected chi connectivity index (χ4v) is 2.96. The van der Waals surface area contributed by atoms with E-state index in [1.54, 1.807) is 0 Å². The van der Waals surface area contributed by atoms with Crippen LogP contribution in [0.2, 0.25) is 0 Å². The first kappa shape index (κ1) is 10.9. The van der Waals surface area contributed by atoms with Gasteiger partial charge in [-0.05, 0) is 46.1 Å². The van der Waals surface area contributed by atoms with Crippen molar-refractivity contribution in [3.8, 4) is 0 Å². The molecule has 2 aliphatic rings. The first-order chi connectivity index (χ1) is 7.16. The zero-order valence-corrected chi connectivity index (χ0v) is 9.88. The molecule has 1 N–H and O–H groups in total. The van der Waals surface area contributed by atoms with E-state index in [0.29, 0.717) is 11.9 Å². The lowest BCUT2D eigenvalue weighted by molar-refractivity contribution is -0.149. The van der Waals surface area contributed by atoms with Gasteiger partial charge in [-0.3, -0.25) is 4.79 Å². The number of rotatable bonds is 1. The second-order valence-electron chi connectivity index (χ2n) is 5.26. The van der Waals surface area contributed by atoms with Gasteiger partial charge in [-0.2, -0.15) is 0 Å². The van der Waals surface area contributed by atoms with E-state index in [-0.39, 0.29) is 5.41 Å². The molecule has 1 unspecified atom stereocenters. The molecule has 0 bridgehead atoms. The van der Waals surface area contributed by atoms with Crippen molar-refractivity contribution in [1.29, 1.82) is 0 Å². The Hall–Kier alpha value is -0.570. The first-order valence-corrected chi connectivity index (χ1v) is 6.17. The molecule has 1 atom stereocenters. The zero-order chi connectivity index (χ0) is 10.9. The molecule has 0 radical (unpaired) electrons. The van der Waals surface area contributed by atoms with Gasteiger partial charge in [-0.1, -0.05) is 0 Å². The highest BCUT2D eigenvalue weighted by molar-refractivity contribution is 5.84. The minimum Gasteiger partial charge on any atom is -0.340 e. The van der Waals surface area contributed by atoms with Crippen molar-refractivity contribution < 1.29 is 4.79 Å². The number of piperidine rings is 2. The predicted molar refractivity (Wildman–Crippen MR) is 60.6 cm³/mol. The van der Waals surface area contributed by atoms with Gasteiger partial charge in [0.15, 0.2) is 0 Å². The summed E-state index contributed by atoms with van der Waals surface area (Å²) in [6.45, 7) is 7.17. The quantitative estimate of drug-likeness (QED) is 0.709. The molecule has 86 valence electrons. The molecule has 0 aromatic heterocycles. The standard InChI is InChI=1S/C12H22N2O/c1-10(2)14-8-4-6-12(11(14)15)5-3-7-13-9-12/h10,13H,3-9H2,1-2H3. The molecule has 2 aliphatic heterocycles. The second kappa shape index (κ2) is 4.12. The minimum atomic E-state index is -0.0548. The molecule has 3 nitrogen and oxygen atoms in total. The third kappa shape index (κ3) is 1.89. The summed E-state index contributed by atoms with van der Waals surface area (Å²) < 4.78 is 0. The summed E-state index contributed by atoms with van der Waals surface area (Å²) >= 11 is 0. The van der Waals surface area contributed by atoms with Crippen LogP contribution in [0.5, 0.6) is 0 Å². The van der Waals surface area contributed by atoms with Crippen LogP contribution >= 0.6 is 0 Å². The van der Waals surface area contributed by atoms with Crippen LogP contribution in [0.15, 0.2) is 0 Å². The SMILES string of the molecule is CC(C)N1CCCC2(CCCNC2)C1=O. The fourth-order valence-electron chi connectivity index (χ4n) is 2.96. The maximum atomic E-state index is 12.4. The molecule has 2 fully saturated rings. The molecule has 0 aromatic carbocycles. The van der Waals surface area contributed by atoms with Gasteiger partial charge in [0.05, 0.1) is 5.41 Å². The lowest BCUT2D eigenvalue weighted by Gasteiger charge is -2.45. The van der Waals surface area contributed by atoms with Crippen molar-refractivity contribution in [1.82, 2.24) is 10.2 Å². The molecular formula is C12H22N2O. The molecule has 3 heteroatoms. The maximum absolute atomic E-state index is 12.4. The van der Waals surface area contributed by atoms with Crippen LogP contribution in [0.25, 0.3) is 0 Å². The summed E-state index contributed by atoms with van der Waals surface area (Å²) in [7, 11) is 0. The summed E-state index contributed by atoms with van der Waals surface area (Å²) in [5.74, 6) is 0.399. The molecule has 0 aliphatic carbocycles. The Bertz CT molecular complexity index is 238. The van der Waals surface area contributed by atoms with E-state index >= 15 is 0 Å². The Labute approximate surface area is 92.2 Å². The average Bonchev–Trinajstić information content (AvgIpc) is 2.23. The third-order valence-electron chi connectivity index (χ3n) is 3.86. The largest absolute Gasteiger partial charge is 0.340 e. The lowest BCUT2D eigenvalue weighted by atomic mass is 9.73. The van der Waals surface area contributed by atoms with E-state index in [1.807, 2.05) is 0 Å². The van der Waals surface area contributed by atoms with Crippen LogP contribution in [0.1, 0.15) is 39.5 Å². The van der Waals surface area contributed by atoms with Gasteiger partial charge in [0, 0.05) is 19.1 Å². The van der Waals surface area contributed by atoms with Crippen LogP contribution in [0.3, 0.4) is 0 Å². The van der Waals surface area contributed by atoms with Crippen molar-refractivity contribution in [3.05, 3.63) is 0 Å². The number of hydrogen-bond acceptors (Lipinski definition) is 2. The van der Waals surface area contributed by atoms with E-state index in [2.05, 4.69) is 24.1 Å². The summed E-state index contributed by atoms with van der Waals surface area (Å²) in [4.78, 5) is 14.5. The lowest BCUT2D eigenvalue weighted by Crippen LogP contribution is -2.56. The number of nitrogens with zero attached hydrogens (tertiary/aromatic N) is 1. The molecule has 15 heavy (non-hydrogen) atoms. The highest BCUT2D eigenvalue weighted by Crippen LogP contribution is 2.37. The molecule has 2 saturated heterocycles. The Balaban J connectivity index is 2.14. The highest BCUT2D eigenvalue weighted by Gasteiger charge is 2.44. The van der Waals surface area contributed by atoms with Crippen molar-refractivity contribution in [2.75, 3.05) is 19.6 Å². The van der Waals surface area contributed by atoms with E-state index in [1.165, 1.54) is 6.42 Å². The summed E-state index contributed by atoms with van der Waals surface area (Å²) in [6.07, 6.45) is 4.49. The highest BCUT2D eigenvalue weighted by atomic mass is 16.2. The number of amides is 1. The smallest absolute Gasteiger partial charge is 0.230 e. The summed E-state index contributed by atoms with van der Waals surface area (Å²) in [6, 6.07) is 0.358. The third-order valence-corrected chi connectivity index (χ3v) is 3.86. The number of nitrogens with one attached hydrogen (secondary N) is 1. The number of likely N-dealkylation sites (tertiary alicyclic amines) is 1. The van der Waals surface area contributed by atoms with E-state index in [0.717, 1.165) is 38.9 Å². The summed E-state index contributed by atoms with van der Waals surface area (Å²) in [5, 5.41) is 3.39. The van der Waals surface area contributed by atoms with Gasteiger partial charge >= 0.3 is 0 Å². The molecule has 1 amide bonds. The van der Waals surface area contributed by atoms with Gasteiger partial charge in [0.2, 0.25) is 5.91 Å². The molecule has 0 aromatic rings. The Kier molecular flexibility index (Phi) is 3.01. The molecular weight excluding hydrogens is 188 g/mol. The molecule has 1 spiro atoms. The van der Waals surface area contributed by atoms with E-state index < -0.39 is 0 Å². The number of hydrogen-bond donors (Lipinski definition) is 1. The van der Waals surface area contributed by atoms with Crippen molar-refractivity contribution in [2.45, 2.75) is 45.6 Å². The number of carbonyl (C=O) groups is 1. The fraction of sp³-hybridized carbons (Fsp3) is 0.917. The molecule has 2 rings (SSSR count). The Morgan fingerprint density at radius 3 is 2.67 bits per heavy atom. The molecule has 2 heterocycles. The normalized spacial score (nSPS) is 32.7. The van der Waals surface area contributed by atoms with Gasteiger partial charge in [0.1, 0.15) is 0 Å². The zero-order valence-electron chi connectivity index (χ0n) is 9.88. The summed E-state index contributed by atoms with van der Waals surface area (Å²) in [5.41, 5.74) is -0.0548. The van der Waals surface area contributed by atoms with Crippen LogP contribution in [0, 0.1) is 5.41 Å². The van der Waals surface area contributed by atoms with Gasteiger partial charge < -0.3 is 10.2 Å². The first-order valence-electron chi connectivity index (χ1n) is 6.17. The van der Waals surface area contributed by atoms with Crippen molar-refractivity contribution >= 4 is 5.91 Å². The molecule has 0 saturated carbocycles. The van der Waals surface area contributed by atoms with Crippen LogP contribution in [-0.4, -0.2) is 36.5 Å². The minimum absolute atomic E-state index is 0.0548. The second-order valence-corrected chi connectivity index (χ2v) is 5.26. The van der Waals surface area contributed by atoms with Crippen molar-refractivity contribution in [3.63, 3.8) is 0 Å². The predicted octanol–water partition coefficient (Wildman–Crippen LogP) is 1.39. The monoisotopic (exact) mass is 210 g/mol. The maximum Gasteiger partial charge on any atom is 0.230 e. The van der Waals surface area contributed by atoms with Gasteiger partial charge in [-0.15, -0.1) is 0 Å². The Morgan fingerprint density at radius 1 is 1.33 bits per heavy atom. The van der Waals surface area contributed by atoms with Gasteiger partial charge in [-0.25, -0.2) is 0 Å². The average molecular weight is 210 g/mol. The van der Waals surface area contributed by atoms with Crippen LogP contribution in [0.4, 0.5) is 0 Å². The Morgan fingerprint density at radius 2 is 2.07 bits per heavy atom.